The Bertz CT molecular complexity index is 952. The van der Waals surface area contributed by atoms with Gasteiger partial charge in [-0.2, -0.15) is 0 Å². The summed E-state index contributed by atoms with van der Waals surface area (Å²) in [5.41, 5.74) is 1.14. The fourth-order valence-electron chi connectivity index (χ4n) is 4.00. The molecule has 27 heavy (non-hydrogen) atoms. The number of ether oxygens (including phenoxy) is 1. The largest absolute Gasteiger partial charge is 0.492 e. The first-order chi connectivity index (χ1) is 13.0. The second kappa shape index (κ2) is 6.96. The van der Waals surface area contributed by atoms with Crippen molar-refractivity contribution in [1.82, 2.24) is 9.88 Å². The predicted octanol–water partition coefficient (Wildman–Crippen LogP) is 2.02. The van der Waals surface area contributed by atoms with E-state index >= 15 is 4.39 Å². The summed E-state index contributed by atoms with van der Waals surface area (Å²) in [6, 6.07) is 1.81. The van der Waals surface area contributed by atoms with Gasteiger partial charge in [0.2, 0.25) is 0 Å². The molecule has 1 aromatic carbocycles. The van der Waals surface area contributed by atoms with E-state index in [0.717, 1.165) is 19.4 Å². The Labute approximate surface area is 156 Å². The number of nitrogens with one attached hydrogen (secondary N) is 1. The number of piperazine rings is 1. The summed E-state index contributed by atoms with van der Waals surface area (Å²) in [7, 11) is 1.52. The van der Waals surface area contributed by atoms with Gasteiger partial charge in [-0.05, 0) is 25.8 Å². The maximum Gasteiger partial charge on any atom is 0.193 e. The first-order valence-corrected chi connectivity index (χ1v) is 9.41. The average Bonchev–Trinajstić information content (AvgIpc) is 3.48. The molecule has 0 radical (unpaired) electrons. The number of aromatic nitrogens is 1. The minimum absolute atomic E-state index is 0.0302. The summed E-state index contributed by atoms with van der Waals surface area (Å²) >= 11 is 0. The second-order valence-corrected chi connectivity index (χ2v) is 7.43. The molecule has 0 spiro atoms. The lowest BCUT2D eigenvalue weighted by Gasteiger charge is -2.35. The fourth-order valence-corrected chi connectivity index (χ4v) is 4.00. The van der Waals surface area contributed by atoms with Crippen LogP contribution in [0.2, 0.25) is 0 Å². The highest BCUT2D eigenvalue weighted by molar-refractivity contribution is 5.92. The molecule has 0 bridgehead atoms. The van der Waals surface area contributed by atoms with Crippen molar-refractivity contribution in [3.05, 3.63) is 33.9 Å². The van der Waals surface area contributed by atoms with Gasteiger partial charge in [0.1, 0.15) is 12.0 Å². The molecule has 1 saturated carbocycles. The maximum absolute atomic E-state index is 15.2. The number of methoxy groups -OCH3 is 1. The van der Waals surface area contributed by atoms with E-state index < -0.39 is 5.82 Å². The minimum Gasteiger partial charge on any atom is -0.492 e. The number of benzene rings is 1. The number of carbonyl (C=O) groups is 1. The normalized spacial score (nSPS) is 20.1. The van der Waals surface area contributed by atoms with Crippen molar-refractivity contribution in [3.8, 4) is 5.75 Å². The Morgan fingerprint density at radius 3 is 2.81 bits per heavy atom. The Kier molecular flexibility index (Phi) is 4.63. The molecule has 2 heterocycles. The number of hydrogen-bond donors (Lipinski definition) is 1. The zero-order chi connectivity index (χ0) is 19.1. The summed E-state index contributed by atoms with van der Waals surface area (Å²) in [5, 5.41) is 3.63. The van der Waals surface area contributed by atoms with Gasteiger partial charge in [-0.3, -0.25) is 4.79 Å². The first kappa shape index (κ1) is 18.0. The molecule has 1 aliphatic carbocycles. The SMILES string of the molecule is COc1c(N2CCNC(C)C2)c(F)cc2c(=O)c(CC=O)cn(C3CC3)c12. The molecule has 7 heteroatoms. The third-order valence-corrected chi connectivity index (χ3v) is 5.40. The fraction of sp³-hybridized carbons (Fsp3) is 0.500. The van der Waals surface area contributed by atoms with Crippen LogP contribution in [0.1, 0.15) is 31.4 Å². The number of aldehydes is 1. The first-order valence-electron chi connectivity index (χ1n) is 9.41. The van der Waals surface area contributed by atoms with Crippen LogP contribution in [0.3, 0.4) is 0 Å². The molecule has 0 amide bonds. The molecule has 4 rings (SSSR count). The lowest BCUT2D eigenvalue weighted by molar-refractivity contribution is -0.107. The third-order valence-electron chi connectivity index (χ3n) is 5.40. The van der Waals surface area contributed by atoms with Gasteiger partial charge >= 0.3 is 0 Å². The molecule has 2 aliphatic rings. The van der Waals surface area contributed by atoms with E-state index in [4.69, 9.17) is 4.74 Å². The molecule has 2 aromatic rings. The van der Waals surface area contributed by atoms with Gasteiger partial charge in [-0.15, -0.1) is 0 Å². The Hall–Kier alpha value is -2.41. The molecule has 1 unspecified atom stereocenters. The van der Waals surface area contributed by atoms with Crippen molar-refractivity contribution in [3.63, 3.8) is 0 Å². The van der Waals surface area contributed by atoms with Crippen LogP contribution in [-0.2, 0) is 11.2 Å². The van der Waals surface area contributed by atoms with Crippen LogP contribution >= 0.6 is 0 Å². The van der Waals surface area contributed by atoms with Crippen LogP contribution < -0.4 is 20.4 Å². The molecule has 1 saturated heterocycles. The topological polar surface area (TPSA) is 63.6 Å². The van der Waals surface area contributed by atoms with Gasteiger partial charge in [0.25, 0.3) is 0 Å². The molecule has 1 aromatic heterocycles. The lowest BCUT2D eigenvalue weighted by Crippen LogP contribution is -2.49. The molecule has 144 valence electrons. The number of fused-ring (bicyclic) bond motifs is 1. The second-order valence-electron chi connectivity index (χ2n) is 7.43. The van der Waals surface area contributed by atoms with Crippen molar-refractivity contribution in [2.45, 2.75) is 38.3 Å². The van der Waals surface area contributed by atoms with Crippen LogP contribution in [0, 0.1) is 5.82 Å². The number of rotatable bonds is 5. The summed E-state index contributed by atoms with van der Waals surface area (Å²) in [6.07, 6.45) is 4.49. The van der Waals surface area contributed by atoms with Gasteiger partial charge in [0.15, 0.2) is 17.0 Å². The predicted molar refractivity (Wildman–Crippen MR) is 102 cm³/mol. The van der Waals surface area contributed by atoms with E-state index in [2.05, 4.69) is 12.2 Å². The summed E-state index contributed by atoms with van der Waals surface area (Å²) in [6.45, 7) is 4.15. The van der Waals surface area contributed by atoms with Gasteiger partial charge in [-0.25, -0.2) is 4.39 Å². The molecular formula is C20H24FN3O3. The number of pyridine rings is 1. The number of nitrogens with zero attached hydrogens (tertiary/aromatic N) is 2. The van der Waals surface area contributed by atoms with Crippen molar-refractivity contribution in [2.75, 3.05) is 31.6 Å². The van der Waals surface area contributed by atoms with Gasteiger partial charge in [-0.1, -0.05) is 0 Å². The number of anilines is 1. The third kappa shape index (κ3) is 3.10. The number of hydrogen-bond acceptors (Lipinski definition) is 5. The molecule has 6 nitrogen and oxygen atoms in total. The summed E-state index contributed by atoms with van der Waals surface area (Å²) in [4.78, 5) is 25.8. The highest BCUT2D eigenvalue weighted by Crippen LogP contribution is 2.43. The lowest BCUT2D eigenvalue weighted by atomic mass is 10.1. The average molecular weight is 373 g/mol. The highest BCUT2D eigenvalue weighted by Gasteiger charge is 2.31. The van der Waals surface area contributed by atoms with Gasteiger partial charge < -0.3 is 24.3 Å². The molecule has 1 aliphatic heterocycles. The van der Waals surface area contributed by atoms with E-state index in [-0.39, 0.29) is 29.3 Å². The maximum atomic E-state index is 15.2. The van der Waals surface area contributed by atoms with Crippen molar-refractivity contribution < 1.29 is 13.9 Å². The van der Waals surface area contributed by atoms with Gasteiger partial charge in [0, 0.05) is 49.9 Å². The highest BCUT2D eigenvalue weighted by atomic mass is 19.1. The Balaban J connectivity index is 2.00. The molecular weight excluding hydrogens is 349 g/mol. The van der Waals surface area contributed by atoms with E-state index in [9.17, 15) is 9.59 Å². The zero-order valence-electron chi connectivity index (χ0n) is 15.6. The van der Waals surface area contributed by atoms with E-state index in [1.807, 2.05) is 9.47 Å². The van der Waals surface area contributed by atoms with Crippen molar-refractivity contribution in [1.29, 1.82) is 0 Å². The quantitative estimate of drug-likeness (QED) is 0.813. The zero-order valence-corrected chi connectivity index (χ0v) is 15.6. The van der Waals surface area contributed by atoms with E-state index in [1.165, 1.54) is 13.2 Å². The van der Waals surface area contributed by atoms with E-state index in [1.54, 1.807) is 6.20 Å². The van der Waals surface area contributed by atoms with E-state index in [0.29, 0.717) is 41.9 Å². The van der Waals surface area contributed by atoms with Gasteiger partial charge in [0.05, 0.1) is 18.0 Å². The standard InChI is InChI=1S/C20H24FN3O3/c1-12-10-23(7-6-22-12)18-16(21)9-15-17(20(18)27-2)24(14-3-4-14)11-13(5-8-25)19(15)26/h8-9,11-12,14,22H,3-7,10H2,1-2H3. The summed E-state index contributed by atoms with van der Waals surface area (Å²) < 4.78 is 22.8. The van der Waals surface area contributed by atoms with Crippen LogP contribution in [0.25, 0.3) is 10.9 Å². The number of halogens is 1. The Morgan fingerprint density at radius 1 is 1.41 bits per heavy atom. The minimum atomic E-state index is -0.462. The van der Waals surface area contributed by atoms with Crippen LogP contribution in [-0.4, -0.2) is 43.6 Å². The van der Waals surface area contributed by atoms with Crippen LogP contribution in [0.4, 0.5) is 10.1 Å². The smallest absolute Gasteiger partial charge is 0.193 e. The molecule has 1 atom stereocenters. The van der Waals surface area contributed by atoms with Crippen molar-refractivity contribution in [2.24, 2.45) is 0 Å². The Morgan fingerprint density at radius 2 is 2.19 bits per heavy atom. The van der Waals surface area contributed by atoms with Crippen LogP contribution in [0.5, 0.6) is 5.75 Å². The molecule has 1 N–H and O–H groups in total. The number of carbonyl (C=O) groups excluding carboxylic acids is 1. The monoisotopic (exact) mass is 373 g/mol. The molecule has 2 fully saturated rings. The van der Waals surface area contributed by atoms with Crippen LogP contribution in [0.15, 0.2) is 17.1 Å². The summed E-state index contributed by atoms with van der Waals surface area (Å²) in [5.74, 6) is -0.0584. The van der Waals surface area contributed by atoms with Crippen molar-refractivity contribution >= 4 is 22.9 Å².